The maximum Gasteiger partial charge on any atom is 0.269 e. The number of nitrogens with two attached hydrogens (primary N) is 1. The first kappa shape index (κ1) is 18.4. The van der Waals surface area contributed by atoms with Crippen molar-refractivity contribution in [2.24, 2.45) is 0 Å². The van der Waals surface area contributed by atoms with Crippen molar-refractivity contribution >= 4 is 41.0 Å². The van der Waals surface area contributed by atoms with Crippen LogP contribution in [0.4, 0.5) is 11.5 Å². The number of carbonyl (C=O) groups is 1. The number of aromatic nitrogens is 1. The van der Waals surface area contributed by atoms with Crippen LogP contribution in [0.25, 0.3) is 0 Å². The van der Waals surface area contributed by atoms with Crippen LogP contribution in [0.15, 0.2) is 48.5 Å². The summed E-state index contributed by atoms with van der Waals surface area (Å²) in [5.41, 5.74) is 10.3. The molecule has 0 aliphatic rings. The van der Waals surface area contributed by atoms with Crippen LogP contribution >= 0.6 is 23.6 Å². The molecule has 0 fully saturated rings. The predicted octanol–water partition coefficient (Wildman–Crippen LogP) is 4.97. The zero-order valence-corrected chi connectivity index (χ0v) is 16.4. The number of aryl methyl sites for hydroxylation is 3. The summed E-state index contributed by atoms with van der Waals surface area (Å²) < 4.78 is 2.46. The lowest BCUT2D eigenvalue weighted by atomic mass is 10.1. The normalized spacial score (nSPS) is 10.7. The average molecular weight is 384 g/mol. The molecule has 3 N–H and O–H groups in total. The minimum atomic E-state index is -0.213. The number of carbonyl (C=O) groups excluding carboxylic acids is 1. The van der Waals surface area contributed by atoms with Gasteiger partial charge >= 0.3 is 0 Å². The van der Waals surface area contributed by atoms with Gasteiger partial charge in [0, 0.05) is 12.2 Å². The van der Waals surface area contributed by atoms with E-state index in [2.05, 4.69) is 17.4 Å². The maximum absolute atomic E-state index is 12.7. The van der Waals surface area contributed by atoms with Crippen molar-refractivity contribution in [3.05, 3.63) is 74.1 Å². The SMILES string of the molecule is Cc1cccc(C)c1NC(=O)c1sc(=S)n(CCc2ccccc2)c1N. The average Bonchev–Trinajstić information content (AvgIpc) is 2.91. The lowest BCUT2D eigenvalue weighted by molar-refractivity contribution is 0.103. The Balaban J connectivity index is 1.81. The van der Waals surface area contributed by atoms with E-state index >= 15 is 0 Å². The highest BCUT2D eigenvalue weighted by Crippen LogP contribution is 2.26. The monoisotopic (exact) mass is 383 g/mol. The summed E-state index contributed by atoms with van der Waals surface area (Å²) in [4.78, 5) is 13.2. The second-order valence-corrected chi connectivity index (χ2v) is 7.83. The molecule has 3 rings (SSSR count). The quantitative estimate of drug-likeness (QED) is 0.611. The molecule has 1 amide bonds. The smallest absolute Gasteiger partial charge is 0.269 e. The predicted molar refractivity (Wildman–Crippen MR) is 112 cm³/mol. The molecule has 0 atom stereocenters. The number of nitrogens with one attached hydrogen (secondary N) is 1. The Labute approximate surface area is 162 Å². The minimum absolute atomic E-state index is 0.213. The molecule has 134 valence electrons. The number of benzene rings is 2. The second-order valence-electron chi connectivity index (χ2n) is 6.19. The molecular formula is C20H21N3OS2. The molecule has 3 aromatic rings. The van der Waals surface area contributed by atoms with Crippen molar-refractivity contribution < 1.29 is 4.79 Å². The van der Waals surface area contributed by atoms with Gasteiger partial charge in [-0.1, -0.05) is 59.9 Å². The second kappa shape index (κ2) is 7.85. The van der Waals surface area contributed by atoms with Crippen molar-refractivity contribution in [1.82, 2.24) is 4.57 Å². The number of nitrogens with zero attached hydrogens (tertiary/aromatic N) is 1. The van der Waals surface area contributed by atoms with E-state index in [0.29, 0.717) is 21.2 Å². The molecule has 0 aliphatic carbocycles. The number of thiazole rings is 1. The Morgan fingerprint density at radius 2 is 1.77 bits per heavy atom. The van der Waals surface area contributed by atoms with Gasteiger partial charge in [0.05, 0.1) is 0 Å². The van der Waals surface area contributed by atoms with Gasteiger partial charge < -0.3 is 15.6 Å². The maximum atomic E-state index is 12.7. The Hall–Kier alpha value is -2.44. The lowest BCUT2D eigenvalue weighted by Gasteiger charge is -2.11. The molecule has 1 aromatic heterocycles. The molecular weight excluding hydrogens is 362 g/mol. The van der Waals surface area contributed by atoms with Crippen LogP contribution < -0.4 is 11.1 Å². The third-order valence-corrected chi connectivity index (χ3v) is 5.79. The molecule has 0 aliphatic heterocycles. The Kier molecular flexibility index (Phi) is 5.54. The molecule has 0 unspecified atom stereocenters. The van der Waals surface area contributed by atoms with Crippen LogP contribution in [-0.2, 0) is 13.0 Å². The number of para-hydroxylation sites is 1. The van der Waals surface area contributed by atoms with Gasteiger partial charge in [-0.3, -0.25) is 4.79 Å². The fourth-order valence-electron chi connectivity index (χ4n) is 2.86. The molecule has 4 nitrogen and oxygen atoms in total. The summed E-state index contributed by atoms with van der Waals surface area (Å²) in [5, 5.41) is 2.98. The third kappa shape index (κ3) is 3.86. The molecule has 2 aromatic carbocycles. The molecule has 0 saturated heterocycles. The summed E-state index contributed by atoms with van der Waals surface area (Å²) in [6.07, 6.45) is 0.814. The molecule has 1 heterocycles. The molecule has 0 saturated carbocycles. The minimum Gasteiger partial charge on any atom is -0.384 e. The van der Waals surface area contributed by atoms with Gasteiger partial charge in [-0.05, 0) is 49.2 Å². The van der Waals surface area contributed by atoms with Gasteiger partial charge in [0.15, 0.2) is 3.95 Å². The Morgan fingerprint density at radius 1 is 1.12 bits per heavy atom. The first-order valence-electron chi connectivity index (χ1n) is 8.38. The van der Waals surface area contributed by atoms with Crippen molar-refractivity contribution in [2.45, 2.75) is 26.8 Å². The third-order valence-electron chi connectivity index (χ3n) is 4.33. The summed E-state index contributed by atoms with van der Waals surface area (Å²) in [6.45, 7) is 4.60. The van der Waals surface area contributed by atoms with Gasteiger partial charge in [-0.15, -0.1) is 0 Å². The highest BCUT2D eigenvalue weighted by atomic mass is 32.1. The largest absolute Gasteiger partial charge is 0.384 e. The van der Waals surface area contributed by atoms with Crippen molar-refractivity contribution in [2.75, 3.05) is 11.1 Å². The summed E-state index contributed by atoms with van der Waals surface area (Å²) in [7, 11) is 0. The number of nitrogen functional groups attached to an aromatic ring is 1. The van der Waals surface area contributed by atoms with E-state index in [9.17, 15) is 4.79 Å². The van der Waals surface area contributed by atoms with E-state index < -0.39 is 0 Å². The highest BCUT2D eigenvalue weighted by Gasteiger charge is 2.18. The highest BCUT2D eigenvalue weighted by molar-refractivity contribution is 7.73. The van der Waals surface area contributed by atoms with Crippen LogP contribution in [0.2, 0.25) is 0 Å². The van der Waals surface area contributed by atoms with Crippen molar-refractivity contribution in [3.63, 3.8) is 0 Å². The van der Waals surface area contributed by atoms with E-state index in [0.717, 1.165) is 23.2 Å². The Morgan fingerprint density at radius 3 is 2.42 bits per heavy atom. The van der Waals surface area contributed by atoms with Gasteiger partial charge in [0.2, 0.25) is 0 Å². The number of rotatable bonds is 5. The molecule has 6 heteroatoms. The molecule has 26 heavy (non-hydrogen) atoms. The number of amides is 1. The van der Waals surface area contributed by atoms with Gasteiger partial charge in [0.25, 0.3) is 5.91 Å². The van der Waals surface area contributed by atoms with Crippen LogP contribution in [0, 0.1) is 17.8 Å². The zero-order chi connectivity index (χ0) is 18.7. The molecule has 0 spiro atoms. The first-order valence-corrected chi connectivity index (χ1v) is 9.60. The van der Waals surface area contributed by atoms with E-state index in [-0.39, 0.29) is 5.91 Å². The number of hydrogen-bond donors (Lipinski definition) is 2. The summed E-state index contributed by atoms with van der Waals surface area (Å²) in [6, 6.07) is 16.1. The molecule has 0 radical (unpaired) electrons. The van der Waals surface area contributed by atoms with Crippen molar-refractivity contribution in [3.8, 4) is 0 Å². The zero-order valence-electron chi connectivity index (χ0n) is 14.8. The first-order chi connectivity index (χ1) is 12.5. The van der Waals surface area contributed by atoms with Crippen LogP contribution in [0.3, 0.4) is 0 Å². The van der Waals surface area contributed by atoms with Crippen molar-refractivity contribution in [1.29, 1.82) is 0 Å². The van der Waals surface area contributed by atoms with Gasteiger partial charge in [-0.2, -0.15) is 0 Å². The van der Waals surface area contributed by atoms with E-state index in [4.69, 9.17) is 18.0 Å². The standard InChI is InChI=1S/C20H21N3OS2/c1-13-7-6-8-14(2)16(13)22-19(24)17-18(21)23(20(25)26-17)12-11-15-9-4-3-5-10-15/h3-10H,11-12,21H2,1-2H3,(H,22,24). The fraction of sp³-hybridized carbons (Fsp3) is 0.200. The lowest BCUT2D eigenvalue weighted by Crippen LogP contribution is -2.15. The van der Waals surface area contributed by atoms with Gasteiger partial charge in [0.1, 0.15) is 10.7 Å². The molecule has 0 bridgehead atoms. The van der Waals surface area contributed by atoms with Crippen LogP contribution in [-0.4, -0.2) is 10.5 Å². The van der Waals surface area contributed by atoms with E-state index in [1.165, 1.54) is 16.9 Å². The van der Waals surface area contributed by atoms with E-state index in [1.54, 1.807) is 0 Å². The topological polar surface area (TPSA) is 60.0 Å². The van der Waals surface area contributed by atoms with Gasteiger partial charge in [-0.25, -0.2) is 0 Å². The van der Waals surface area contributed by atoms with Crippen LogP contribution in [0.5, 0.6) is 0 Å². The van der Waals surface area contributed by atoms with Crippen LogP contribution in [0.1, 0.15) is 26.4 Å². The number of anilines is 2. The van der Waals surface area contributed by atoms with E-state index in [1.807, 2.05) is 54.8 Å². The fourth-order valence-corrected chi connectivity index (χ4v) is 4.13. The number of hydrogen-bond acceptors (Lipinski definition) is 4. The Bertz CT molecular complexity index is 970. The summed E-state index contributed by atoms with van der Waals surface area (Å²) in [5.74, 6) is 0.217. The summed E-state index contributed by atoms with van der Waals surface area (Å²) >= 11 is 6.69.